The van der Waals surface area contributed by atoms with Gasteiger partial charge in [0, 0.05) is 22.3 Å². The van der Waals surface area contributed by atoms with Crippen molar-refractivity contribution in [1.82, 2.24) is 0 Å². The predicted molar refractivity (Wildman–Crippen MR) is 59.1 cm³/mol. The Labute approximate surface area is 88.7 Å². The first kappa shape index (κ1) is 11.3. The van der Waals surface area contributed by atoms with Crippen molar-refractivity contribution in [1.29, 1.82) is 0 Å². The Kier molecular flexibility index (Phi) is 3.75. The smallest absolute Gasteiger partial charge is 0.0824 e. The van der Waals surface area contributed by atoms with Gasteiger partial charge < -0.3 is 16.6 Å². The molecule has 0 amide bonds. The van der Waals surface area contributed by atoms with Gasteiger partial charge in [0.05, 0.1) is 6.10 Å². The van der Waals surface area contributed by atoms with Crippen molar-refractivity contribution in [3.05, 3.63) is 28.8 Å². The Balaban J connectivity index is 2.84. The van der Waals surface area contributed by atoms with Crippen molar-refractivity contribution in [2.75, 3.05) is 5.73 Å². The minimum absolute atomic E-state index is 0.0555. The Morgan fingerprint density at radius 3 is 2.64 bits per heavy atom. The summed E-state index contributed by atoms with van der Waals surface area (Å²) in [5, 5.41) is 10.3. The maximum Gasteiger partial charge on any atom is 0.0824 e. The Morgan fingerprint density at radius 1 is 1.50 bits per heavy atom. The lowest BCUT2D eigenvalue weighted by Gasteiger charge is -2.15. The summed E-state index contributed by atoms with van der Waals surface area (Å²) in [5.41, 5.74) is 12.5. The molecule has 1 rings (SSSR count). The van der Waals surface area contributed by atoms with E-state index in [2.05, 4.69) is 0 Å². The second-order valence-electron chi connectivity index (χ2n) is 3.50. The maximum absolute atomic E-state index is 9.76. The second-order valence-corrected chi connectivity index (χ2v) is 3.94. The van der Waals surface area contributed by atoms with Crippen LogP contribution in [0, 0.1) is 0 Å². The van der Waals surface area contributed by atoms with E-state index in [0.29, 0.717) is 22.7 Å². The topological polar surface area (TPSA) is 72.3 Å². The summed E-state index contributed by atoms with van der Waals surface area (Å²) in [6, 6.07) is 5.00. The van der Waals surface area contributed by atoms with Crippen LogP contribution in [0.2, 0.25) is 5.02 Å². The van der Waals surface area contributed by atoms with Gasteiger partial charge in [0.2, 0.25) is 0 Å². The minimum Gasteiger partial charge on any atom is -0.398 e. The van der Waals surface area contributed by atoms with Gasteiger partial charge in [-0.25, -0.2) is 0 Å². The number of nitrogen functional groups attached to an aromatic ring is 1. The van der Waals surface area contributed by atoms with Crippen molar-refractivity contribution in [2.45, 2.75) is 25.5 Å². The molecule has 78 valence electrons. The lowest BCUT2D eigenvalue weighted by atomic mass is 10.0. The summed E-state index contributed by atoms with van der Waals surface area (Å²) in [6.45, 7) is 1.84. The normalized spacial score (nSPS) is 15.1. The van der Waals surface area contributed by atoms with Gasteiger partial charge in [0.1, 0.15) is 0 Å². The van der Waals surface area contributed by atoms with Crippen LogP contribution in [0.15, 0.2) is 18.2 Å². The van der Waals surface area contributed by atoms with E-state index in [0.717, 1.165) is 0 Å². The van der Waals surface area contributed by atoms with Crippen molar-refractivity contribution < 1.29 is 5.11 Å². The molecule has 0 aromatic heterocycles. The maximum atomic E-state index is 9.76. The van der Waals surface area contributed by atoms with Crippen molar-refractivity contribution >= 4 is 17.3 Å². The van der Waals surface area contributed by atoms with Crippen LogP contribution in [-0.4, -0.2) is 11.1 Å². The number of anilines is 1. The van der Waals surface area contributed by atoms with E-state index in [4.69, 9.17) is 23.1 Å². The van der Waals surface area contributed by atoms with Gasteiger partial charge in [-0.15, -0.1) is 0 Å². The molecule has 3 nitrogen and oxygen atoms in total. The lowest BCUT2D eigenvalue weighted by Crippen LogP contribution is -2.19. The van der Waals surface area contributed by atoms with E-state index < -0.39 is 6.10 Å². The zero-order valence-electron chi connectivity index (χ0n) is 8.07. The van der Waals surface area contributed by atoms with Crippen LogP contribution in [0.25, 0.3) is 0 Å². The van der Waals surface area contributed by atoms with Crippen molar-refractivity contribution in [2.24, 2.45) is 5.73 Å². The molecule has 0 aliphatic heterocycles. The first-order valence-electron chi connectivity index (χ1n) is 4.49. The molecule has 2 atom stereocenters. The number of benzene rings is 1. The standard InChI is InChI=1S/C10H15ClN2O/c1-6(12)4-10(14)8-3-2-7(11)5-9(8)13/h2-3,5-6,10,14H,4,12-13H2,1H3. The highest BCUT2D eigenvalue weighted by Crippen LogP contribution is 2.26. The fraction of sp³-hybridized carbons (Fsp3) is 0.400. The number of hydrogen-bond donors (Lipinski definition) is 3. The van der Waals surface area contributed by atoms with Crippen LogP contribution in [-0.2, 0) is 0 Å². The van der Waals surface area contributed by atoms with Crippen LogP contribution in [0.5, 0.6) is 0 Å². The first-order chi connectivity index (χ1) is 6.50. The van der Waals surface area contributed by atoms with Gasteiger partial charge in [-0.3, -0.25) is 0 Å². The Bertz CT molecular complexity index is 315. The van der Waals surface area contributed by atoms with E-state index in [1.165, 1.54) is 0 Å². The third-order valence-corrected chi connectivity index (χ3v) is 2.24. The van der Waals surface area contributed by atoms with E-state index in [-0.39, 0.29) is 6.04 Å². The third kappa shape index (κ3) is 2.87. The summed E-state index contributed by atoms with van der Waals surface area (Å²) in [4.78, 5) is 0. The molecular weight excluding hydrogens is 200 g/mol. The highest BCUT2D eigenvalue weighted by atomic mass is 35.5. The van der Waals surface area contributed by atoms with Crippen LogP contribution in [0.1, 0.15) is 25.0 Å². The summed E-state index contributed by atoms with van der Waals surface area (Å²) in [7, 11) is 0. The monoisotopic (exact) mass is 214 g/mol. The molecule has 0 saturated heterocycles. The molecule has 0 fully saturated rings. The van der Waals surface area contributed by atoms with Crippen molar-refractivity contribution in [3.63, 3.8) is 0 Å². The van der Waals surface area contributed by atoms with E-state index in [1.54, 1.807) is 18.2 Å². The molecule has 2 unspecified atom stereocenters. The molecule has 1 aromatic rings. The minimum atomic E-state index is -0.618. The molecule has 0 heterocycles. The van der Waals surface area contributed by atoms with E-state index in [9.17, 15) is 5.11 Å². The zero-order chi connectivity index (χ0) is 10.7. The number of nitrogens with two attached hydrogens (primary N) is 2. The van der Waals surface area contributed by atoms with E-state index in [1.807, 2.05) is 6.92 Å². The summed E-state index contributed by atoms with van der Waals surface area (Å²) in [5.74, 6) is 0. The molecular formula is C10H15ClN2O. The van der Waals surface area contributed by atoms with Gasteiger partial charge in [0.15, 0.2) is 0 Å². The average molecular weight is 215 g/mol. The summed E-state index contributed by atoms with van der Waals surface area (Å²) >= 11 is 5.74. The summed E-state index contributed by atoms with van der Waals surface area (Å²) in [6.07, 6.45) is -0.126. The molecule has 4 heteroatoms. The van der Waals surface area contributed by atoms with Crippen LogP contribution >= 0.6 is 11.6 Å². The van der Waals surface area contributed by atoms with E-state index >= 15 is 0 Å². The molecule has 0 spiro atoms. The molecule has 0 bridgehead atoms. The SMILES string of the molecule is CC(N)CC(O)c1ccc(Cl)cc1N. The van der Waals surface area contributed by atoms with Gasteiger partial charge >= 0.3 is 0 Å². The predicted octanol–water partition coefficient (Wildman–Crippen LogP) is 1.69. The largest absolute Gasteiger partial charge is 0.398 e. The van der Waals surface area contributed by atoms with Gasteiger partial charge in [0.25, 0.3) is 0 Å². The molecule has 1 aromatic carbocycles. The van der Waals surface area contributed by atoms with Crippen molar-refractivity contribution in [3.8, 4) is 0 Å². The number of hydrogen-bond acceptors (Lipinski definition) is 3. The number of aliphatic hydroxyl groups is 1. The number of halogens is 1. The highest BCUT2D eigenvalue weighted by Gasteiger charge is 2.12. The van der Waals surface area contributed by atoms with Gasteiger partial charge in [-0.2, -0.15) is 0 Å². The molecule has 14 heavy (non-hydrogen) atoms. The van der Waals surface area contributed by atoms with Crippen LogP contribution in [0.4, 0.5) is 5.69 Å². The number of aliphatic hydroxyl groups excluding tert-OH is 1. The average Bonchev–Trinajstić information content (AvgIpc) is 2.01. The van der Waals surface area contributed by atoms with Gasteiger partial charge in [-0.1, -0.05) is 17.7 Å². The third-order valence-electron chi connectivity index (χ3n) is 2.00. The quantitative estimate of drug-likeness (QED) is 0.671. The first-order valence-corrected chi connectivity index (χ1v) is 4.87. The molecule has 0 radical (unpaired) electrons. The zero-order valence-corrected chi connectivity index (χ0v) is 8.83. The highest BCUT2D eigenvalue weighted by molar-refractivity contribution is 6.30. The van der Waals surface area contributed by atoms with Crippen LogP contribution in [0.3, 0.4) is 0 Å². The Hall–Kier alpha value is -0.770. The molecule has 5 N–H and O–H groups in total. The number of rotatable bonds is 3. The van der Waals surface area contributed by atoms with Crippen LogP contribution < -0.4 is 11.5 Å². The lowest BCUT2D eigenvalue weighted by molar-refractivity contribution is 0.161. The Morgan fingerprint density at radius 2 is 2.14 bits per heavy atom. The fourth-order valence-electron chi connectivity index (χ4n) is 1.33. The molecule has 0 saturated carbocycles. The fourth-order valence-corrected chi connectivity index (χ4v) is 1.51. The summed E-state index contributed by atoms with van der Waals surface area (Å²) < 4.78 is 0. The second kappa shape index (κ2) is 4.64. The molecule has 0 aliphatic carbocycles. The van der Waals surface area contributed by atoms with Gasteiger partial charge in [-0.05, 0) is 25.5 Å². The molecule has 0 aliphatic rings.